The Morgan fingerprint density at radius 3 is 3.00 bits per heavy atom. The molecule has 1 aromatic rings. The molecule has 1 heterocycles. The molecule has 1 aliphatic carbocycles. The van der Waals surface area contributed by atoms with E-state index in [4.69, 9.17) is 4.74 Å². The van der Waals surface area contributed by atoms with Crippen LogP contribution in [0.15, 0.2) is 6.20 Å². The molecule has 102 valence electrons. The zero-order valence-corrected chi connectivity index (χ0v) is 11.6. The number of hydrogen-bond donors (Lipinski definition) is 1. The first kappa shape index (κ1) is 13.6. The van der Waals surface area contributed by atoms with Gasteiger partial charge in [-0.05, 0) is 26.2 Å². The van der Waals surface area contributed by atoms with E-state index in [9.17, 15) is 0 Å². The number of unbranched alkanes of at least 4 members (excludes halogenated alkanes) is 1. The summed E-state index contributed by atoms with van der Waals surface area (Å²) < 4.78 is 7.63. The summed E-state index contributed by atoms with van der Waals surface area (Å²) in [5.41, 5.74) is 2.58. The molecule has 0 saturated heterocycles. The molecular formula is C14H25N3O. The van der Waals surface area contributed by atoms with Crippen LogP contribution in [0.5, 0.6) is 0 Å². The van der Waals surface area contributed by atoms with Gasteiger partial charge in [0, 0.05) is 30.5 Å². The Bertz CT molecular complexity index is 358. The predicted octanol–water partition coefficient (Wildman–Crippen LogP) is 2.26. The third-order valence-corrected chi connectivity index (χ3v) is 3.45. The van der Waals surface area contributed by atoms with Gasteiger partial charge in [-0.3, -0.25) is 4.68 Å². The maximum atomic E-state index is 5.57. The Labute approximate surface area is 110 Å². The molecule has 0 spiro atoms. The fourth-order valence-corrected chi connectivity index (χ4v) is 1.93. The van der Waals surface area contributed by atoms with Crippen LogP contribution < -0.4 is 5.32 Å². The number of ether oxygens (including phenoxy) is 1. The quantitative estimate of drug-likeness (QED) is 0.684. The molecule has 0 radical (unpaired) electrons. The Kier molecular flexibility index (Phi) is 5.20. The summed E-state index contributed by atoms with van der Waals surface area (Å²) in [6.07, 6.45) is 6.99. The zero-order valence-electron chi connectivity index (χ0n) is 11.6. The van der Waals surface area contributed by atoms with Crippen molar-refractivity contribution in [2.24, 2.45) is 0 Å². The number of hydrogen-bond acceptors (Lipinski definition) is 3. The standard InChI is InChI=1S/C14H25N3O/c1-3-4-8-18-9-7-17-12(2)13(11-16-17)10-15-14-5-6-14/h11,14-15H,3-10H2,1-2H3. The average molecular weight is 251 g/mol. The normalized spacial score (nSPS) is 15.2. The smallest absolute Gasteiger partial charge is 0.0662 e. The van der Waals surface area contributed by atoms with Crippen LogP contribution in [-0.2, 0) is 17.8 Å². The number of nitrogens with one attached hydrogen (secondary N) is 1. The predicted molar refractivity (Wildman–Crippen MR) is 72.6 cm³/mol. The maximum Gasteiger partial charge on any atom is 0.0662 e. The van der Waals surface area contributed by atoms with Crippen molar-refractivity contribution < 1.29 is 4.74 Å². The van der Waals surface area contributed by atoms with Crippen LogP contribution in [0.2, 0.25) is 0 Å². The number of nitrogens with zero attached hydrogens (tertiary/aromatic N) is 2. The lowest BCUT2D eigenvalue weighted by atomic mass is 10.2. The van der Waals surface area contributed by atoms with Crippen LogP contribution in [-0.4, -0.2) is 29.0 Å². The molecule has 1 saturated carbocycles. The van der Waals surface area contributed by atoms with Crippen molar-refractivity contribution in [1.82, 2.24) is 15.1 Å². The van der Waals surface area contributed by atoms with Crippen LogP contribution in [0.1, 0.15) is 43.9 Å². The Morgan fingerprint density at radius 1 is 1.44 bits per heavy atom. The lowest BCUT2D eigenvalue weighted by Crippen LogP contribution is -2.16. The Balaban J connectivity index is 1.70. The van der Waals surface area contributed by atoms with E-state index in [0.29, 0.717) is 0 Å². The van der Waals surface area contributed by atoms with Gasteiger partial charge in [0.05, 0.1) is 19.3 Å². The van der Waals surface area contributed by atoms with E-state index in [1.807, 2.05) is 6.20 Å². The van der Waals surface area contributed by atoms with Crippen molar-refractivity contribution in [2.75, 3.05) is 13.2 Å². The van der Waals surface area contributed by atoms with E-state index >= 15 is 0 Å². The second-order valence-electron chi connectivity index (χ2n) is 5.10. The first-order valence-electron chi connectivity index (χ1n) is 7.13. The first-order valence-corrected chi connectivity index (χ1v) is 7.13. The van der Waals surface area contributed by atoms with Crippen LogP contribution in [0.25, 0.3) is 0 Å². The van der Waals surface area contributed by atoms with E-state index < -0.39 is 0 Å². The summed E-state index contributed by atoms with van der Waals surface area (Å²) in [5, 5.41) is 7.96. The zero-order chi connectivity index (χ0) is 12.8. The van der Waals surface area contributed by atoms with Gasteiger partial charge in [-0.1, -0.05) is 13.3 Å². The largest absolute Gasteiger partial charge is 0.380 e. The van der Waals surface area contributed by atoms with Crippen LogP contribution in [0, 0.1) is 6.92 Å². The van der Waals surface area contributed by atoms with Crippen LogP contribution in [0.3, 0.4) is 0 Å². The van der Waals surface area contributed by atoms with Gasteiger partial charge >= 0.3 is 0 Å². The molecule has 0 bridgehead atoms. The first-order chi connectivity index (χ1) is 8.81. The van der Waals surface area contributed by atoms with Gasteiger partial charge < -0.3 is 10.1 Å². The summed E-state index contributed by atoms with van der Waals surface area (Å²) in [6, 6.07) is 0.755. The lowest BCUT2D eigenvalue weighted by Gasteiger charge is -2.07. The second-order valence-corrected chi connectivity index (χ2v) is 5.10. The summed E-state index contributed by atoms with van der Waals surface area (Å²) in [4.78, 5) is 0. The topological polar surface area (TPSA) is 39.1 Å². The van der Waals surface area contributed by atoms with Gasteiger partial charge in [-0.25, -0.2) is 0 Å². The minimum atomic E-state index is 0.755. The molecule has 1 aromatic heterocycles. The van der Waals surface area contributed by atoms with Crippen molar-refractivity contribution in [3.8, 4) is 0 Å². The van der Waals surface area contributed by atoms with Gasteiger partial charge in [0.1, 0.15) is 0 Å². The highest BCUT2D eigenvalue weighted by Crippen LogP contribution is 2.19. The lowest BCUT2D eigenvalue weighted by molar-refractivity contribution is 0.120. The van der Waals surface area contributed by atoms with E-state index in [0.717, 1.165) is 38.8 Å². The van der Waals surface area contributed by atoms with Crippen molar-refractivity contribution in [1.29, 1.82) is 0 Å². The van der Waals surface area contributed by atoms with Gasteiger partial charge in [-0.15, -0.1) is 0 Å². The van der Waals surface area contributed by atoms with Gasteiger partial charge in [-0.2, -0.15) is 5.10 Å². The fraction of sp³-hybridized carbons (Fsp3) is 0.786. The van der Waals surface area contributed by atoms with Crippen LogP contribution >= 0.6 is 0 Å². The minimum absolute atomic E-state index is 0.755. The Hall–Kier alpha value is -0.870. The average Bonchev–Trinajstić information content (AvgIpc) is 3.13. The molecule has 1 N–H and O–H groups in total. The van der Waals surface area contributed by atoms with Crippen LogP contribution in [0.4, 0.5) is 0 Å². The minimum Gasteiger partial charge on any atom is -0.380 e. The summed E-state index contributed by atoms with van der Waals surface area (Å²) >= 11 is 0. The fourth-order valence-electron chi connectivity index (χ4n) is 1.93. The number of rotatable bonds is 9. The highest BCUT2D eigenvalue weighted by Gasteiger charge is 2.20. The van der Waals surface area contributed by atoms with Gasteiger partial charge in [0.25, 0.3) is 0 Å². The summed E-state index contributed by atoms with van der Waals surface area (Å²) in [6.45, 7) is 7.76. The van der Waals surface area contributed by atoms with Gasteiger partial charge in [0.2, 0.25) is 0 Å². The summed E-state index contributed by atoms with van der Waals surface area (Å²) in [5.74, 6) is 0. The van der Waals surface area contributed by atoms with E-state index in [1.54, 1.807) is 0 Å². The SMILES string of the molecule is CCCCOCCn1ncc(CNC2CC2)c1C. The molecule has 0 aromatic carbocycles. The third kappa shape index (κ3) is 4.10. The summed E-state index contributed by atoms with van der Waals surface area (Å²) in [7, 11) is 0. The highest BCUT2D eigenvalue weighted by molar-refractivity contribution is 5.16. The van der Waals surface area contributed by atoms with Crippen molar-refractivity contribution in [3.05, 3.63) is 17.5 Å². The molecule has 0 aliphatic heterocycles. The van der Waals surface area contributed by atoms with E-state index in [2.05, 4.69) is 28.9 Å². The highest BCUT2D eigenvalue weighted by atomic mass is 16.5. The molecule has 4 nitrogen and oxygen atoms in total. The molecule has 4 heteroatoms. The third-order valence-electron chi connectivity index (χ3n) is 3.45. The van der Waals surface area contributed by atoms with Gasteiger partial charge in [0.15, 0.2) is 0 Å². The number of aromatic nitrogens is 2. The molecule has 2 rings (SSSR count). The maximum absolute atomic E-state index is 5.57. The van der Waals surface area contributed by atoms with Crippen molar-refractivity contribution in [2.45, 2.75) is 58.7 Å². The molecule has 0 unspecified atom stereocenters. The molecule has 0 amide bonds. The van der Waals surface area contributed by atoms with E-state index in [1.165, 1.54) is 30.5 Å². The molecule has 1 aliphatic rings. The second kappa shape index (κ2) is 6.90. The molecular weight excluding hydrogens is 226 g/mol. The van der Waals surface area contributed by atoms with Crippen molar-refractivity contribution in [3.63, 3.8) is 0 Å². The monoisotopic (exact) mass is 251 g/mol. The molecule has 1 fully saturated rings. The van der Waals surface area contributed by atoms with Crippen molar-refractivity contribution >= 4 is 0 Å². The molecule has 18 heavy (non-hydrogen) atoms. The Morgan fingerprint density at radius 2 is 2.28 bits per heavy atom. The van der Waals surface area contributed by atoms with E-state index in [-0.39, 0.29) is 0 Å². The molecule has 0 atom stereocenters.